The largest absolute Gasteiger partial charge is 0.457 e. The highest BCUT2D eigenvalue weighted by Gasteiger charge is 2.40. The quantitative estimate of drug-likeness (QED) is 0.873. The number of benzene rings is 2. The summed E-state index contributed by atoms with van der Waals surface area (Å²) in [6.07, 6.45) is 0.594. The molecule has 1 N–H and O–H groups in total. The first-order valence-electron chi connectivity index (χ1n) is 8.23. The summed E-state index contributed by atoms with van der Waals surface area (Å²) in [6, 6.07) is 17.9. The van der Waals surface area contributed by atoms with E-state index >= 15 is 0 Å². The number of nitrogens with one attached hydrogen (secondary N) is 1. The molecule has 4 nitrogen and oxygen atoms in total. The molecular weight excluding hydrogens is 302 g/mol. The summed E-state index contributed by atoms with van der Waals surface area (Å²) < 4.78 is 11.1. The van der Waals surface area contributed by atoms with Gasteiger partial charge in [-0.3, -0.25) is 0 Å². The molecule has 0 unspecified atom stereocenters. The van der Waals surface area contributed by atoms with Gasteiger partial charge in [0.1, 0.15) is 17.1 Å². The minimum atomic E-state index is -0.467. The van der Waals surface area contributed by atoms with Crippen molar-refractivity contribution in [3.8, 4) is 11.5 Å². The molecule has 0 saturated heterocycles. The summed E-state index contributed by atoms with van der Waals surface area (Å²) in [5.74, 6) is 1.98. The van der Waals surface area contributed by atoms with Crippen LogP contribution in [-0.4, -0.2) is 17.7 Å². The highest BCUT2D eigenvalue weighted by atomic mass is 16.6. The number of rotatable bonds is 4. The summed E-state index contributed by atoms with van der Waals surface area (Å²) in [7, 11) is 0. The molecule has 4 heteroatoms. The van der Waals surface area contributed by atoms with Gasteiger partial charge < -0.3 is 14.8 Å². The highest BCUT2D eigenvalue weighted by Crippen LogP contribution is 2.41. The number of para-hydroxylation sites is 1. The molecular formula is C20H23NO3. The van der Waals surface area contributed by atoms with E-state index in [-0.39, 0.29) is 12.1 Å². The number of hydrogen-bond donors (Lipinski definition) is 1. The lowest BCUT2D eigenvalue weighted by atomic mass is 10.1. The minimum Gasteiger partial charge on any atom is -0.457 e. The fraction of sp³-hybridized carbons (Fsp3) is 0.350. The van der Waals surface area contributed by atoms with Crippen LogP contribution in [0.5, 0.6) is 11.5 Å². The Bertz CT molecular complexity index is 689. The summed E-state index contributed by atoms with van der Waals surface area (Å²) in [4.78, 5) is 11.8. The molecule has 24 heavy (non-hydrogen) atoms. The zero-order valence-electron chi connectivity index (χ0n) is 14.3. The van der Waals surface area contributed by atoms with E-state index in [4.69, 9.17) is 9.47 Å². The van der Waals surface area contributed by atoms with Gasteiger partial charge >= 0.3 is 6.09 Å². The first-order valence-corrected chi connectivity index (χ1v) is 8.23. The van der Waals surface area contributed by atoms with E-state index in [1.54, 1.807) is 0 Å². The normalized spacial score (nSPS) is 19.5. The summed E-state index contributed by atoms with van der Waals surface area (Å²) in [5.41, 5.74) is 0.738. The third kappa shape index (κ3) is 4.51. The van der Waals surface area contributed by atoms with E-state index in [0.717, 1.165) is 17.9 Å². The van der Waals surface area contributed by atoms with E-state index in [0.29, 0.717) is 5.92 Å². The lowest BCUT2D eigenvalue weighted by Crippen LogP contribution is -2.34. The molecule has 2 aromatic rings. The highest BCUT2D eigenvalue weighted by molar-refractivity contribution is 5.69. The van der Waals surface area contributed by atoms with Crippen molar-refractivity contribution in [2.75, 3.05) is 0 Å². The number of hydrogen-bond acceptors (Lipinski definition) is 3. The molecule has 2 atom stereocenters. The number of ether oxygens (including phenoxy) is 2. The molecule has 0 heterocycles. The van der Waals surface area contributed by atoms with Crippen molar-refractivity contribution >= 4 is 6.09 Å². The second-order valence-corrected chi connectivity index (χ2v) is 7.08. The minimum absolute atomic E-state index is 0.153. The van der Waals surface area contributed by atoms with Gasteiger partial charge in [-0.2, -0.15) is 0 Å². The van der Waals surface area contributed by atoms with Crippen LogP contribution in [0.2, 0.25) is 0 Å². The molecule has 0 aromatic heterocycles. The molecule has 1 saturated carbocycles. The molecule has 1 aliphatic rings. The molecule has 2 aromatic carbocycles. The summed E-state index contributed by atoms with van der Waals surface area (Å²) in [5, 5.41) is 2.92. The van der Waals surface area contributed by atoms with Crippen molar-refractivity contribution in [1.82, 2.24) is 5.32 Å². The molecule has 1 amide bonds. The van der Waals surface area contributed by atoms with Crippen molar-refractivity contribution in [2.45, 2.75) is 44.8 Å². The van der Waals surface area contributed by atoms with Crippen molar-refractivity contribution in [1.29, 1.82) is 0 Å². The van der Waals surface area contributed by atoms with E-state index in [1.807, 2.05) is 63.2 Å². The van der Waals surface area contributed by atoms with Gasteiger partial charge in [-0.05, 0) is 57.0 Å². The van der Waals surface area contributed by atoms with Crippen molar-refractivity contribution < 1.29 is 14.3 Å². The van der Waals surface area contributed by atoms with Gasteiger partial charge in [0.25, 0.3) is 0 Å². The molecule has 0 aliphatic heterocycles. The first kappa shape index (κ1) is 16.4. The lowest BCUT2D eigenvalue weighted by molar-refractivity contribution is 0.0523. The average Bonchev–Trinajstić information content (AvgIpc) is 3.26. The van der Waals surface area contributed by atoms with Gasteiger partial charge in [-0.1, -0.05) is 30.3 Å². The third-order valence-corrected chi connectivity index (χ3v) is 3.78. The van der Waals surface area contributed by atoms with Crippen molar-refractivity contribution in [2.24, 2.45) is 0 Å². The van der Waals surface area contributed by atoms with Gasteiger partial charge in [0.15, 0.2) is 0 Å². The Balaban J connectivity index is 1.53. The molecule has 126 valence electrons. The van der Waals surface area contributed by atoms with Crippen LogP contribution in [0.3, 0.4) is 0 Å². The van der Waals surface area contributed by atoms with Crippen molar-refractivity contribution in [3.63, 3.8) is 0 Å². The Morgan fingerprint density at radius 2 is 1.62 bits per heavy atom. The predicted molar refractivity (Wildman–Crippen MR) is 93.5 cm³/mol. The van der Waals surface area contributed by atoms with Crippen molar-refractivity contribution in [3.05, 3.63) is 60.2 Å². The topological polar surface area (TPSA) is 47.6 Å². The Kier molecular flexibility index (Phi) is 4.47. The fourth-order valence-corrected chi connectivity index (χ4v) is 2.59. The van der Waals surface area contributed by atoms with E-state index in [1.165, 1.54) is 5.56 Å². The third-order valence-electron chi connectivity index (χ3n) is 3.78. The molecule has 0 spiro atoms. The number of carbonyl (C=O) groups excluding carboxylic acids is 1. The zero-order chi connectivity index (χ0) is 17.2. The predicted octanol–water partition coefficient (Wildman–Crippen LogP) is 4.86. The number of carbonyl (C=O) groups is 1. The molecule has 0 radical (unpaired) electrons. The smallest absolute Gasteiger partial charge is 0.407 e. The standard InChI is InChI=1S/C20H23NO3/c1-20(2,3)24-19(22)21-18-13-17(18)14-9-11-16(12-10-14)23-15-7-5-4-6-8-15/h4-12,17-18H,13H2,1-3H3,(H,21,22)/t17-,18+/m0/s1. The number of alkyl carbamates (subject to hydrolysis) is 1. The maximum Gasteiger partial charge on any atom is 0.407 e. The summed E-state index contributed by atoms with van der Waals surface area (Å²) >= 11 is 0. The van der Waals surface area contributed by atoms with Gasteiger partial charge in [-0.15, -0.1) is 0 Å². The van der Waals surface area contributed by atoms with Crippen LogP contribution in [0, 0.1) is 0 Å². The first-order chi connectivity index (χ1) is 11.4. The summed E-state index contributed by atoms with van der Waals surface area (Å²) in [6.45, 7) is 5.59. The van der Waals surface area contributed by atoms with Crippen LogP contribution < -0.4 is 10.1 Å². The van der Waals surface area contributed by atoms with Gasteiger partial charge in [0.05, 0.1) is 0 Å². The average molecular weight is 325 g/mol. The fourth-order valence-electron chi connectivity index (χ4n) is 2.59. The molecule has 1 aliphatic carbocycles. The molecule has 0 bridgehead atoms. The van der Waals surface area contributed by atoms with E-state index in [9.17, 15) is 4.79 Å². The van der Waals surface area contributed by atoms with Gasteiger partial charge in [-0.25, -0.2) is 4.79 Å². The van der Waals surface area contributed by atoms with Gasteiger partial charge in [0.2, 0.25) is 0 Å². The van der Waals surface area contributed by atoms with Crippen LogP contribution in [0.25, 0.3) is 0 Å². The van der Waals surface area contributed by atoms with Gasteiger partial charge in [0, 0.05) is 12.0 Å². The monoisotopic (exact) mass is 325 g/mol. The molecule has 1 fully saturated rings. The Labute approximate surface area is 142 Å². The number of amides is 1. The lowest BCUT2D eigenvalue weighted by Gasteiger charge is -2.19. The van der Waals surface area contributed by atoms with Crippen LogP contribution in [0.4, 0.5) is 4.79 Å². The second-order valence-electron chi connectivity index (χ2n) is 7.08. The Hall–Kier alpha value is -2.49. The second kappa shape index (κ2) is 6.56. The zero-order valence-corrected chi connectivity index (χ0v) is 14.3. The Morgan fingerprint density at radius 3 is 2.25 bits per heavy atom. The van der Waals surface area contributed by atoms with Crippen LogP contribution in [-0.2, 0) is 4.74 Å². The maximum absolute atomic E-state index is 11.8. The van der Waals surface area contributed by atoms with E-state index in [2.05, 4.69) is 17.4 Å². The molecule has 3 rings (SSSR count). The van der Waals surface area contributed by atoms with E-state index < -0.39 is 5.60 Å². The van der Waals surface area contributed by atoms with Crippen LogP contribution >= 0.6 is 0 Å². The van der Waals surface area contributed by atoms with Crippen LogP contribution in [0.1, 0.15) is 38.7 Å². The Morgan fingerprint density at radius 1 is 1.00 bits per heavy atom. The SMILES string of the molecule is CC(C)(C)OC(=O)N[C@@H]1C[C@H]1c1ccc(Oc2ccccc2)cc1. The maximum atomic E-state index is 11.8. The van der Waals surface area contributed by atoms with Crippen LogP contribution in [0.15, 0.2) is 54.6 Å².